The third-order valence-electron chi connectivity index (χ3n) is 3.52. The molecule has 3 rings (SSSR count). The van der Waals surface area contributed by atoms with Gasteiger partial charge >= 0.3 is 0 Å². The van der Waals surface area contributed by atoms with Crippen LogP contribution in [0.15, 0.2) is 24.4 Å². The highest BCUT2D eigenvalue weighted by Gasteiger charge is 2.32. The molecule has 20 heavy (non-hydrogen) atoms. The lowest BCUT2D eigenvalue weighted by Gasteiger charge is -2.32. The molecule has 6 heteroatoms. The first kappa shape index (κ1) is 13.9. The SMILES string of the molecule is Cc1cc(N2C[C@H](C)n3ncc(I)c3C2=O)ccc1Cl. The van der Waals surface area contributed by atoms with Gasteiger partial charge in [-0.1, -0.05) is 11.6 Å². The highest BCUT2D eigenvalue weighted by Crippen LogP contribution is 2.30. The summed E-state index contributed by atoms with van der Waals surface area (Å²) in [6, 6.07) is 5.83. The van der Waals surface area contributed by atoms with Crippen molar-refractivity contribution in [1.29, 1.82) is 0 Å². The van der Waals surface area contributed by atoms with Crippen LogP contribution in [-0.2, 0) is 0 Å². The van der Waals surface area contributed by atoms with Crippen LogP contribution in [0.2, 0.25) is 5.02 Å². The molecular weight excluding hydrogens is 389 g/mol. The summed E-state index contributed by atoms with van der Waals surface area (Å²) in [5.74, 6) is -0.00766. The molecule has 0 N–H and O–H groups in total. The number of anilines is 1. The van der Waals surface area contributed by atoms with Gasteiger partial charge in [0.2, 0.25) is 0 Å². The number of carbonyl (C=O) groups excluding carboxylic acids is 1. The Morgan fingerprint density at radius 3 is 2.90 bits per heavy atom. The Balaban J connectivity index is 2.06. The molecule has 1 atom stereocenters. The van der Waals surface area contributed by atoms with E-state index in [4.69, 9.17) is 11.6 Å². The fraction of sp³-hybridized carbons (Fsp3) is 0.286. The van der Waals surface area contributed by atoms with Crippen molar-refractivity contribution in [2.75, 3.05) is 11.4 Å². The molecule has 2 aromatic rings. The van der Waals surface area contributed by atoms with Crippen LogP contribution >= 0.6 is 34.2 Å². The highest BCUT2D eigenvalue weighted by molar-refractivity contribution is 14.1. The van der Waals surface area contributed by atoms with Crippen LogP contribution in [0.25, 0.3) is 0 Å². The van der Waals surface area contributed by atoms with Gasteiger partial charge in [0, 0.05) is 17.3 Å². The maximum atomic E-state index is 12.7. The number of carbonyl (C=O) groups is 1. The van der Waals surface area contributed by atoms with E-state index < -0.39 is 0 Å². The number of hydrogen-bond acceptors (Lipinski definition) is 2. The smallest absolute Gasteiger partial charge is 0.277 e. The zero-order chi connectivity index (χ0) is 14.4. The highest BCUT2D eigenvalue weighted by atomic mass is 127. The topological polar surface area (TPSA) is 38.1 Å². The molecule has 1 aromatic carbocycles. The minimum atomic E-state index is -0.00766. The Kier molecular flexibility index (Phi) is 3.50. The molecule has 1 aliphatic heterocycles. The first-order valence-corrected chi connectivity index (χ1v) is 7.75. The quantitative estimate of drug-likeness (QED) is 0.684. The number of aromatic nitrogens is 2. The van der Waals surface area contributed by atoms with Crippen LogP contribution in [0.3, 0.4) is 0 Å². The largest absolute Gasteiger partial charge is 0.305 e. The molecule has 0 saturated heterocycles. The summed E-state index contributed by atoms with van der Waals surface area (Å²) in [6.45, 7) is 4.62. The van der Waals surface area contributed by atoms with Gasteiger partial charge in [0.05, 0.1) is 15.8 Å². The van der Waals surface area contributed by atoms with Crippen LogP contribution in [0.1, 0.15) is 29.0 Å². The Morgan fingerprint density at radius 1 is 1.45 bits per heavy atom. The Bertz CT molecular complexity index is 698. The molecule has 0 bridgehead atoms. The van der Waals surface area contributed by atoms with Gasteiger partial charge in [0.15, 0.2) is 0 Å². The molecule has 1 aliphatic rings. The maximum absolute atomic E-state index is 12.7. The minimum Gasteiger partial charge on any atom is -0.305 e. The van der Waals surface area contributed by atoms with Crippen LogP contribution < -0.4 is 4.90 Å². The molecule has 0 fully saturated rings. The summed E-state index contributed by atoms with van der Waals surface area (Å²) in [7, 11) is 0. The molecule has 4 nitrogen and oxygen atoms in total. The van der Waals surface area contributed by atoms with Gasteiger partial charge in [-0.15, -0.1) is 0 Å². The lowest BCUT2D eigenvalue weighted by molar-refractivity contribution is 0.0952. The summed E-state index contributed by atoms with van der Waals surface area (Å²) in [4.78, 5) is 14.5. The van der Waals surface area contributed by atoms with E-state index in [9.17, 15) is 4.79 Å². The molecular formula is C14H13ClIN3O. The normalized spacial score (nSPS) is 18.3. The van der Waals surface area contributed by atoms with E-state index >= 15 is 0 Å². The summed E-state index contributed by atoms with van der Waals surface area (Å²) in [5.41, 5.74) is 2.52. The zero-order valence-corrected chi connectivity index (χ0v) is 14.0. The van der Waals surface area contributed by atoms with Gasteiger partial charge in [0.1, 0.15) is 5.69 Å². The summed E-state index contributed by atoms with van der Waals surface area (Å²) in [6.07, 6.45) is 1.74. The standard InChI is InChI=1S/C14H13ClIN3O/c1-8-5-10(3-4-11(8)15)18-7-9(2)19-13(14(18)20)12(16)6-17-19/h3-6,9H,7H2,1-2H3/t9-/m0/s1. The van der Waals surface area contributed by atoms with Crippen molar-refractivity contribution < 1.29 is 4.79 Å². The lowest BCUT2D eigenvalue weighted by atomic mass is 10.1. The van der Waals surface area contributed by atoms with Crippen LogP contribution in [0, 0.1) is 10.5 Å². The number of halogens is 2. The third kappa shape index (κ3) is 2.13. The van der Waals surface area contributed by atoms with Gasteiger partial charge < -0.3 is 4.90 Å². The molecule has 0 unspecified atom stereocenters. The Hall–Kier alpha value is -1.08. The van der Waals surface area contributed by atoms with Crippen molar-refractivity contribution in [1.82, 2.24) is 9.78 Å². The molecule has 0 aliphatic carbocycles. The summed E-state index contributed by atoms with van der Waals surface area (Å²) in [5, 5.41) is 5.00. The van der Waals surface area contributed by atoms with Gasteiger partial charge in [0.25, 0.3) is 5.91 Å². The van der Waals surface area contributed by atoms with Crippen LogP contribution in [0.5, 0.6) is 0 Å². The summed E-state index contributed by atoms with van der Waals surface area (Å²) < 4.78 is 2.69. The van der Waals surface area contributed by atoms with Crippen molar-refractivity contribution in [3.63, 3.8) is 0 Å². The molecule has 104 valence electrons. The molecule has 0 radical (unpaired) electrons. The van der Waals surface area contributed by atoms with Crippen molar-refractivity contribution in [3.8, 4) is 0 Å². The number of rotatable bonds is 1. The van der Waals surface area contributed by atoms with Crippen LogP contribution in [0.4, 0.5) is 5.69 Å². The second-order valence-corrected chi connectivity index (χ2v) is 6.55. The monoisotopic (exact) mass is 401 g/mol. The number of hydrogen-bond donors (Lipinski definition) is 0. The number of benzene rings is 1. The van der Waals surface area contributed by atoms with Crippen molar-refractivity contribution >= 4 is 45.8 Å². The fourth-order valence-corrected chi connectivity index (χ4v) is 3.17. The third-order valence-corrected chi connectivity index (χ3v) is 4.73. The molecule has 0 spiro atoms. The molecule has 0 saturated carbocycles. The van der Waals surface area contributed by atoms with Crippen LogP contribution in [-0.4, -0.2) is 22.2 Å². The molecule has 1 amide bonds. The number of aryl methyl sites for hydroxylation is 1. The minimum absolute atomic E-state index is 0.00766. The zero-order valence-electron chi connectivity index (χ0n) is 11.1. The first-order valence-electron chi connectivity index (χ1n) is 6.30. The van der Waals surface area contributed by atoms with E-state index in [0.29, 0.717) is 17.3 Å². The van der Waals surface area contributed by atoms with E-state index in [-0.39, 0.29) is 11.9 Å². The second kappa shape index (κ2) is 5.04. The van der Waals surface area contributed by atoms with E-state index in [0.717, 1.165) is 14.8 Å². The number of fused-ring (bicyclic) bond motifs is 1. The number of amides is 1. The molecule has 1 aromatic heterocycles. The van der Waals surface area contributed by atoms with E-state index in [1.54, 1.807) is 11.1 Å². The van der Waals surface area contributed by atoms with E-state index in [1.807, 2.05) is 29.8 Å². The van der Waals surface area contributed by atoms with Gasteiger partial charge in [-0.25, -0.2) is 0 Å². The predicted molar refractivity (Wildman–Crippen MR) is 87.5 cm³/mol. The first-order chi connectivity index (χ1) is 9.49. The average Bonchev–Trinajstić information content (AvgIpc) is 2.80. The van der Waals surface area contributed by atoms with Gasteiger partial charge in [-0.3, -0.25) is 9.48 Å². The van der Waals surface area contributed by atoms with Crippen molar-refractivity contribution in [2.45, 2.75) is 19.9 Å². The van der Waals surface area contributed by atoms with Gasteiger partial charge in [-0.2, -0.15) is 5.10 Å². The second-order valence-electron chi connectivity index (χ2n) is 4.98. The van der Waals surface area contributed by atoms with Crippen molar-refractivity contribution in [3.05, 3.63) is 44.2 Å². The van der Waals surface area contributed by atoms with Gasteiger partial charge in [-0.05, 0) is 60.2 Å². The maximum Gasteiger partial charge on any atom is 0.277 e. The number of nitrogens with zero attached hydrogens (tertiary/aromatic N) is 3. The Labute approximate surface area is 135 Å². The fourth-order valence-electron chi connectivity index (χ4n) is 2.45. The van der Waals surface area contributed by atoms with Crippen molar-refractivity contribution in [2.24, 2.45) is 0 Å². The average molecular weight is 402 g/mol. The molecule has 2 heterocycles. The Morgan fingerprint density at radius 2 is 2.20 bits per heavy atom. The van der Waals surface area contributed by atoms with E-state index in [1.165, 1.54) is 0 Å². The summed E-state index contributed by atoms with van der Waals surface area (Å²) >= 11 is 8.21. The van der Waals surface area contributed by atoms with E-state index in [2.05, 4.69) is 34.6 Å². The predicted octanol–water partition coefficient (Wildman–Crippen LogP) is 3.67. The lowest BCUT2D eigenvalue weighted by Crippen LogP contribution is -2.43.